The summed E-state index contributed by atoms with van der Waals surface area (Å²) in [5.41, 5.74) is 1.20. The first kappa shape index (κ1) is 18.9. The van der Waals surface area contributed by atoms with Gasteiger partial charge in [-0.25, -0.2) is 8.77 Å². The predicted octanol–water partition coefficient (Wildman–Crippen LogP) is 3.37. The molecule has 0 bridgehead atoms. The van der Waals surface area contributed by atoms with Gasteiger partial charge in [-0.1, -0.05) is 6.07 Å². The fraction of sp³-hybridized carbons (Fsp3) is 0. The Labute approximate surface area is 154 Å². The molecule has 0 aliphatic heterocycles. The Kier molecular flexibility index (Phi) is 5.78. The molecule has 9 heteroatoms. The summed E-state index contributed by atoms with van der Waals surface area (Å²) in [6.07, 6.45) is 6.70. The largest absolute Gasteiger partial charge is 0.478 e. The number of carbonyl (C=O) groups is 1. The molecule has 0 spiro atoms. The number of nitrogens with zero attached hydrogens (tertiary/aromatic N) is 2. The van der Waals surface area contributed by atoms with Crippen LogP contribution in [0, 0.1) is 0 Å². The Hall–Kier alpha value is -2.42. The number of carboxylic acid groups (broad SMARTS) is 1. The Morgan fingerprint density at radius 1 is 1.20 bits per heavy atom. The number of rotatable bonds is 5. The summed E-state index contributed by atoms with van der Waals surface area (Å²) >= 11 is 1.13. The zero-order valence-corrected chi connectivity index (χ0v) is 15.1. The number of pyridine rings is 1. The highest BCUT2D eigenvalue weighted by Crippen LogP contribution is 2.30. The average Bonchev–Trinajstić information content (AvgIpc) is 3.24. The van der Waals surface area contributed by atoms with Crippen molar-refractivity contribution in [2.45, 2.75) is 4.21 Å². The van der Waals surface area contributed by atoms with Gasteiger partial charge in [-0.2, -0.15) is 8.42 Å². The number of hydrogen-bond acceptors (Lipinski definition) is 5. The Morgan fingerprint density at radius 3 is 2.68 bits per heavy atom. The molecule has 130 valence electrons. The molecule has 0 unspecified atom stereocenters. The molecular weight excluding hydrogens is 384 g/mol. The maximum Gasteiger partial charge on any atom is 0.328 e. The molecule has 0 aliphatic carbocycles. The van der Waals surface area contributed by atoms with Crippen LogP contribution < -0.4 is 0 Å². The van der Waals surface area contributed by atoms with Crippen LogP contribution in [0.4, 0.5) is 0 Å². The number of aromatic nitrogens is 2. The van der Waals surface area contributed by atoms with Crippen LogP contribution in [0.15, 0.2) is 65.3 Å². The molecule has 0 fully saturated rings. The van der Waals surface area contributed by atoms with Gasteiger partial charge < -0.3 is 5.11 Å². The minimum absolute atomic E-state index is 0. The van der Waals surface area contributed by atoms with Gasteiger partial charge in [0.1, 0.15) is 4.21 Å². The number of thiophene rings is 1. The second-order valence-electron chi connectivity index (χ2n) is 4.79. The van der Waals surface area contributed by atoms with E-state index < -0.39 is 16.0 Å². The summed E-state index contributed by atoms with van der Waals surface area (Å²) < 4.78 is 26.5. The third-order valence-corrected chi connectivity index (χ3v) is 6.35. The summed E-state index contributed by atoms with van der Waals surface area (Å²) in [5.74, 6) is -1.09. The molecule has 0 amide bonds. The van der Waals surface area contributed by atoms with Gasteiger partial charge >= 0.3 is 5.97 Å². The molecule has 3 rings (SSSR count). The molecule has 0 saturated carbocycles. The maximum absolute atomic E-state index is 12.6. The molecular formula is C16H13ClN2O4S2. The van der Waals surface area contributed by atoms with Crippen LogP contribution in [0.3, 0.4) is 0 Å². The van der Waals surface area contributed by atoms with Crippen LogP contribution in [0.2, 0.25) is 0 Å². The number of halogens is 1. The highest BCUT2D eigenvalue weighted by atomic mass is 35.5. The zero-order chi connectivity index (χ0) is 17.2. The molecule has 0 radical (unpaired) electrons. The van der Waals surface area contributed by atoms with E-state index in [1.165, 1.54) is 30.6 Å². The highest BCUT2D eigenvalue weighted by molar-refractivity contribution is 7.92. The first-order valence-corrected chi connectivity index (χ1v) is 9.08. The maximum atomic E-state index is 12.6. The Morgan fingerprint density at radius 2 is 2.00 bits per heavy atom. The number of aliphatic carboxylic acids is 1. The average molecular weight is 397 g/mol. The van der Waals surface area contributed by atoms with E-state index in [9.17, 15) is 13.2 Å². The molecule has 25 heavy (non-hydrogen) atoms. The third-order valence-electron chi connectivity index (χ3n) is 3.14. The van der Waals surface area contributed by atoms with Crippen molar-refractivity contribution in [1.82, 2.24) is 8.96 Å². The molecule has 0 saturated heterocycles. The van der Waals surface area contributed by atoms with Gasteiger partial charge in [-0.15, -0.1) is 23.7 Å². The van der Waals surface area contributed by atoms with Crippen LogP contribution in [0.1, 0.15) is 5.56 Å². The SMILES string of the molecule is Cl.O=C(O)/C=C/c1ccn(S(=O)(=O)c2ccc(-c3ccccn3)s2)c1. The summed E-state index contributed by atoms with van der Waals surface area (Å²) in [7, 11) is -3.72. The van der Waals surface area contributed by atoms with Crippen LogP contribution in [0.5, 0.6) is 0 Å². The summed E-state index contributed by atoms with van der Waals surface area (Å²) in [4.78, 5) is 15.5. The van der Waals surface area contributed by atoms with Gasteiger partial charge in [0.25, 0.3) is 10.0 Å². The number of hydrogen-bond donors (Lipinski definition) is 1. The second-order valence-corrected chi connectivity index (χ2v) is 7.94. The molecule has 0 aliphatic rings. The normalized spacial score (nSPS) is 11.4. The van der Waals surface area contributed by atoms with E-state index in [0.717, 1.165) is 26.3 Å². The highest BCUT2D eigenvalue weighted by Gasteiger charge is 2.19. The van der Waals surface area contributed by atoms with E-state index in [1.54, 1.807) is 18.3 Å². The van der Waals surface area contributed by atoms with Crippen molar-refractivity contribution in [3.63, 3.8) is 0 Å². The van der Waals surface area contributed by atoms with Gasteiger partial charge in [-0.05, 0) is 42.0 Å². The van der Waals surface area contributed by atoms with Crippen LogP contribution in [-0.4, -0.2) is 28.5 Å². The van der Waals surface area contributed by atoms with E-state index in [-0.39, 0.29) is 16.6 Å². The van der Waals surface area contributed by atoms with Crippen molar-refractivity contribution in [3.05, 3.63) is 66.6 Å². The minimum Gasteiger partial charge on any atom is -0.478 e. The smallest absolute Gasteiger partial charge is 0.328 e. The van der Waals surface area contributed by atoms with E-state index in [1.807, 2.05) is 12.1 Å². The molecule has 3 aromatic rings. The van der Waals surface area contributed by atoms with Crippen LogP contribution in [0.25, 0.3) is 16.6 Å². The van der Waals surface area contributed by atoms with E-state index in [4.69, 9.17) is 5.11 Å². The Bertz CT molecular complexity index is 1010. The lowest BCUT2D eigenvalue weighted by molar-refractivity contribution is -0.131. The van der Waals surface area contributed by atoms with Crippen LogP contribution >= 0.6 is 23.7 Å². The van der Waals surface area contributed by atoms with Gasteiger partial charge in [0.2, 0.25) is 0 Å². The first-order valence-electron chi connectivity index (χ1n) is 6.82. The van der Waals surface area contributed by atoms with Gasteiger partial charge in [0.15, 0.2) is 0 Å². The number of carboxylic acids is 1. The fourth-order valence-electron chi connectivity index (χ4n) is 2.02. The summed E-state index contributed by atoms with van der Waals surface area (Å²) in [6, 6.07) is 10.2. The van der Waals surface area contributed by atoms with Crippen molar-refractivity contribution < 1.29 is 18.3 Å². The quantitative estimate of drug-likeness (QED) is 0.668. The molecule has 6 nitrogen and oxygen atoms in total. The molecule has 1 N–H and O–H groups in total. The van der Waals surface area contributed by atoms with Gasteiger partial charge in [0.05, 0.1) is 10.6 Å². The van der Waals surface area contributed by atoms with Crippen molar-refractivity contribution in [2.75, 3.05) is 0 Å². The lowest BCUT2D eigenvalue weighted by Crippen LogP contribution is -2.08. The molecule has 0 atom stereocenters. The fourth-order valence-corrected chi connectivity index (χ4v) is 4.61. The van der Waals surface area contributed by atoms with Crippen molar-refractivity contribution >= 4 is 45.8 Å². The van der Waals surface area contributed by atoms with Crippen molar-refractivity contribution in [1.29, 1.82) is 0 Å². The van der Waals surface area contributed by atoms with E-state index in [2.05, 4.69) is 4.98 Å². The lowest BCUT2D eigenvalue weighted by atomic mass is 10.3. The monoisotopic (exact) mass is 396 g/mol. The molecule has 3 heterocycles. The van der Waals surface area contributed by atoms with E-state index in [0.29, 0.717) is 11.3 Å². The topological polar surface area (TPSA) is 89.3 Å². The molecule has 0 aromatic carbocycles. The second kappa shape index (κ2) is 7.64. The van der Waals surface area contributed by atoms with Crippen molar-refractivity contribution in [3.8, 4) is 10.6 Å². The Balaban J connectivity index is 0.00000225. The summed E-state index contributed by atoms with van der Waals surface area (Å²) in [5, 5.41) is 8.61. The first-order chi connectivity index (χ1) is 11.5. The minimum atomic E-state index is -3.72. The zero-order valence-electron chi connectivity index (χ0n) is 12.6. The third kappa shape index (κ3) is 4.16. The van der Waals surface area contributed by atoms with Crippen LogP contribution in [-0.2, 0) is 14.8 Å². The van der Waals surface area contributed by atoms with Gasteiger partial charge in [-0.3, -0.25) is 4.98 Å². The van der Waals surface area contributed by atoms with E-state index >= 15 is 0 Å². The molecule has 3 aromatic heterocycles. The lowest BCUT2D eigenvalue weighted by Gasteiger charge is -2.02. The summed E-state index contributed by atoms with van der Waals surface area (Å²) in [6.45, 7) is 0. The van der Waals surface area contributed by atoms with Crippen molar-refractivity contribution in [2.24, 2.45) is 0 Å². The van der Waals surface area contributed by atoms with Gasteiger partial charge in [0, 0.05) is 24.7 Å². The predicted molar refractivity (Wildman–Crippen MR) is 98.5 cm³/mol. The standard InChI is InChI=1S/C16H12N2O4S2.ClH/c19-15(20)6-4-12-8-10-18(11-12)24(21,22)16-7-5-14(23-16)13-3-1-2-9-17-13;/h1-11H,(H,19,20);1H/b6-4+;.